The highest BCUT2D eigenvalue weighted by atomic mass is 16.1. The zero-order valence-corrected chi connectivity index (χ0v) is 9.36. The van der Waals surface area contributed by atoms with E-state index in [1.807, 2.05) is 36.4 Å². The van der Waals surface area contributed by atoms with Gasteiger partial charge in [0.15, 0.2) is 0 Å². The van der Waals surface area contributed by atoms with E-state index in [0.29, 0.717) is 6.54 Å². The third kappa shape index (κ3) is 5.35. The Labute approximate surface area is 99.9 Å². The third-order valence-corrected chi connectivity index (χ3v) is 2.07. The highest BCUT2D eigenvalue weighted by Crippen LogP contribution is 2.08. The van der Waals surface area contributed by atoms with Crippen LogP contribution in [0.1, 0.15) is 17.5 Å². The van der Waals surface area contributed by atoms with Gasteiger partial charge in [0.1, 0.15) is 6.29 Å². The molecule has 1 aromatic carbocycles. The van der Waals surface area contributed by atoms with Crippen LogP contribution in [0.3, 0.4) is 0 Å². The number of aldehydes is 1. The number of hydrogen-bond acceptors (Lipinski definition) is 2. The molecule has 0 amide bonds. The molecular weight excluding hydrogens is 214 g/mol. The predicted molar refractivity (Wildman–Crippen MR) is 69.2 cm³/mol. The molecule has 0 atom stereocenters. The summed E-state index contributed by atoms with van der Waals surface area (Å²) in [5, 5.41) is 3.44. The summed E-state index contributed by atoms with van der Waals surface area (Å²) < 4.78 is 0. The van der Waals surface area contributed by atoms with E-state index < -0.39 is 0 Å². The van der Waals surface area contributed by atoms with Crippen molar-refractivity contribution in [2.75, 3.05) is 6.54 Å². The standard InChI is InChI=1S/C13H13N3O/c14-16-15-10-2-1-4-12-6-8-13(9-7-12)5-3-11-17/h1,3-9,11H,2,10H2/b4-1?,5-3+. The lowest BCUT2D eigenvalue weighted by molar-refractivity contribution is -0.104. The largest absolute Gasteiger partial charge is 0.299 e. The van der Waals surface area contributed by atoms with Gasteiger partial charge >= 0.3 is 0 Å². The van der Waals surface area contributed by atoms with Gasteiger partial charge in [-0.2, -0.15) is 0 Å². The van der Waals surface area contributed by atoms with Gasteiger partial charge in [0, 0.05) is 11.5 Å². The van der Waals surface area contributed by atoms with Crippen LogP contribution in [0.25, 0.3) is 22.6 Å². The Bertz CT molecular complexity index is 454. The lowest BCUT2D eigenvalue weighted by atomic mass is 10.1. The topological polar surface area (TPSA) is 65.8 Å². The predicted octanol–water partition coefficient (Wildman–Crippen LogP) is 3.61. The highest BCUT2D eigenvalue weighted by molar-refractivity contribution is 5.74. The maximum absolute atomic E-state index is 10.1. The van der Waals surface area contributed by atoms with Crippen molar-refractivity contribution < 1.29 is 4.79 Å². The third-order valence-electron chi connectivity index (χ3n) is 2.07. The van der Waals surface area contributed by atoms with E-state index in [1.165, 1.54) is 6.08 Å². The smallest absolute Gasteiger partial charge is 0.142 e. The maximum atomic E-state index is 10.1. The second-order valence-electron chi connectivity index (χ2n) is 3.31. The summed E-state index contributed by atoms with van der Waals surface area (Å²) in [5.41, 5.74) is 10.2. The van der Waals surface area contributed by atoms with Crippen LogP contribution in [0.4, 0.5) is 0 Å². The molecule has 0 N–H and O–H groups in total. The van der Waals surface area contributed by atoms with Crippen LogP contribution in [0, 0.1) is 0 Å². The molecule has 0 saturated carbocycles. The number of hydrogen-bond donors (Lipinski definition) is 0. The molecule has 0 aliphatic heterocycles. The van der Waals surface area contributed by atoms with E-state index in [0.717, 1.165) is 23.8 Å². The minimum atomic E-state index is 0.479. The molecule has 0 bridgehead atoms. The summed E-state index contributed by atoms with van der Waals surface area (Å²) in [6.07, 6.45) is 8.64. The highest BCUT2D eigenvalue weighted by Gasteiger charge is 1.87. The molecule has 0 aromatic heterocycles. The molecule has 4 heteroatoms. The van der Waals surface area contributed by atoms with Gasteiger partial charge in [-0.1, -0.05) is 47.6 Å². The minimum Gasteiger partial charge on any atom is -0.299 e. The van der Waals surface area contributed by atoms with E-state index in [4.69, 9.17) is 5.53 Å². The molecule has 1 rings (SSSR count). The summed E-state index contributed by atoms with van der Waals surface area (Å²) in [4.78, 5) is 12.8. The van der Waals surface area contributed by atoms with Crippen LogP contribution in [0.5, 0.6) is 0 Å². The van der Waals surface area contributed by atoms with Gasteiger partial charge < -0.3 is 0 Å². The van der Waals surface area contributed by atoms with Crippen molar-refractivity contribution in [3.05, 3.63) is 58.0 Å². The van der Waals surface area contributed by atoms with E-state index >= 15 is 0 Å². The van der Waals surface area contributed by atoms with Crippen molar-refractivity contribution >= 4 is 18.4 Å². The Morgan fingerprint density at radius 1 is 1.18 bits per heavy atom. The molecule has 0 radical (unpaired) electrons. The normalized spacial score (nSPS) is 10.6. The van der Waals surface area contributed by atoms with Crippen LogP contribution < -0.4 is 0 Å². The van der Waals surface area contributed by atoms with Crippen molar-refractivity contribution in [1.29, 1.82) is 0 Å². The molecule has 86 valence electrons. The van der Waals surface area contributed by atoms with Gasteiger partial charge in [-0.3, -0.25) is 4.79 Å². The average molecular weight is 227 g/mol. The summed E-state index contributed by atoms with van der Waals surface area (Å²) in [6.45, 7) is 0.479. The first-order valence-corrected chi connectivity index (χ1v) is 5.26. The van der Waals surface area contributed by atoms with Crippen molar-refractivity contribution in [1.82, 2.24) is 0 Å². The molecule has 0 unspecified atom stereocenters. The zero-order valence-electron chi connectivity index (χ0n) is 9.36. The molecule has 0 fully saturated rings. The van der Waals surface area contributed by atoms with Crippen molar-refractivity contribution in [3.63, 3.8) is 0 Å². The van der Waals surface area contributed by atoms with Crippen molar-refractivity contribution in [2.45, 2.75) is 6.42 Å². The Kier molecular flexibility index (Phi) is 5.93. The van der Waals surface area contributed by atoms with Gasteiger partial charge in [-0.05, 0) is 29.2 Å². The van der Waals surface area contributed by atoms with Gasteiger partial charge in [-0.25, -0.2) is 0 Å². The summed E-state index contributed by atoms with van der Waals surface area (Å²) in [6, 6.07) is 7.81. The number of carbonyl (C=O) groups excluding carboxylic acids is 1. The molecule has 1 aromatic rings. The van der Waals surface area contributed by atoms with Gasteiger partial charge in [-0.15, -0.1) is 0 Å². The Balaban J connectivity index is 2.52. The molecule has 0 saturated heterocycles. The molecule has 17 heavy (non-hydrogen) atoms. The fraction of sp³-hybridized carbons (Fsp3) is 0.154. The Morgan fingerprint density at radius 3 is 2.41 bits per heavy atom. The second-order valence-corrected chi connectivity index (χ2v) is 3.31. The Hall–Kier alpha value is -2.32. The number of benzene rings is 1. The first kappa shape index (κ1) is 12.7. The van der Waals surface area contributed by atoms with E-state index in [9.17, 15) is 4.79 Å². The molecular formula is C13H13N3O. The quantitative estimate of drug-likeness (QED) is 0.183. The first-order valence-electron chi connectivity index (χ1n) is 5.26. The summed E-state index contributed by atoms with van der Waals surface area (Å²) in [7, 11) is 0. The van der Waals surface area contributed by atoms with E-state index in [-0.39, 0.29) is 0 Å². The lowest BCUT2D eigenvalue weighted by Gasteiger charge is -1.95. The number of azide groups is 1. The number of allylic oxidation sites excluding steroid dienone is 1. The minimum absolute atomic E-state index is 0.479. The molecule has 0 spiro atoms. The fourth-order valence-electron chi connectivity index (χ4n) is 1.27. The SMILES string of the molecule is [N-]=[N+]=NCCC=Cc1ccc(/C=C/C=O)cc1. The fourth-order valence-corrected chi connectivity index (χ4v) is 1.27. The van der Waals surface area contributed by atoms with Crippen LogP contribution in [-0.2, 0) is 4.79 Å². The summed E-state index contributed by atoms with van der Waals surface area (Å²) in [5.74, 6) is 0. The average Bonchev–Trinajstić information content (AvgIpc) is 2.37. The monoisotopic (exact) mass is 227 g/mol. The maximum Gasteiger partial charge on any atom is 0.142 e. The van der Waals surface area contributed by atoms with Crippen LogP contribution in [0.15, 0.2) is 41.5 Å². The Morgan fingerprint density at radius 2 is 1.82 bits per heavy atom. The zero-order chi connectivity index (χ0) is 12.3. The molecule has 0 heterocycles. The van der Waals surface area contributed by atoms with E-state index in [1.54, 1.807) is 6.08 Å². The van der Waals surface area contributed by atoms with Crippen LogP contribution in [0.2, 0.25) is 0 Å². The second kappa shape index (κ2) is 7.91. The van der Waals surface area contributed by atoms with Gasteiger partial charge in [0.25, 0.3) is 0 Å². The van der Waals surface area contributed by atoms with Crippen LogP contribution in [-0.4, -0.2) is 12.8 Å². The number of nitrogens with zero attached hydrogens (tertiary/aromatic N) is 3. The van der Waals surface area contributed by atoms with Gasteiger partial charge in [0.2, 0.25) is 0 Å². The first-order chi connectivity index (χ1) is 8.36. The van der Waals surface area contributed by atoms with Gasteiger partial charge in [0.05, 0.1) is 0 Å². The molecule has 0 aliphatic rings. The van der Waals surface area contributed by atoms with Crippen molar-refractivity contribution in [2.24, 2.45) is 5.11 Å². The summed E-state index contributed by atoms with van der Waals surface area (Å²) >= 11 is 0. The lowest BCUT2D eigenvalue weighted by Crippen LogP contribution is -1.76. The van der Waals surface area contributed by atoms with E-state index in [2.05, 4.69) is 10.0 Å². The molecule has 4 nitrogen and oxygen atoms in total. The molecule has 0 aliphatic carbocycles. The van der Waals surface area contributed by atoms with Crippen LogP contribution >= 0.6 is 0 Å². The number of rotatable bonds is 6. The number of carbonyl (C=O) groups is 1. The van der Waals surface area contributed by atoms with Crippen molar-refractivity contribution in [3.8, 4) is 0 Å².